The summed E-state index contributed by atoms with van der Waals surface area (Å²) in [5.74, 6) is -1.02. The Morgan fingerprint density at radius 1 is 1.12 bits per heavy atom. The normalized spacial score (nSPS) is 9.81. The van der Waals surface area contributed by atoms with E-state index in [1.807, 2.05) is 0 Å². The number of nitriles is 1. The molecule has 0 unspecified atom stereocenters. The van der Waals surface area contributed by atoms with Gasteiger partial charge in [-0.25, -0.2) is 8.78 Å². The number of benzene rings is 1. The van der Waals surface area contributed by atoms with Crippen molar-refractivity contribution in [1.29, 1.82) is 5.26 Å². The summed E-state index contributed by atoms with van der Waals surface area (Å²) in [7, 11) is 0. The molecule has 0 radical (unpaired) electrons. The molecule has 2 rings (SSSR count). The van der Waals surface area contributed by atoms with Crippen molar-refractivity contribution in [1.82, 2.24) is 4.98 Å². The van der Waals surface area contributed by atoms with Crippen molar-refractivity contribution >= 4 is 0 Å². The lowest BCUT2D eigenvalue weighted by molar-refractivity contribution is 0.623. The fourth-order valence-electron chi connectivity index (χ4n) is 1.33. The number of hydrogen-bond donors (Lipinski definition) is 0. The van der Waals surface area contributed by atoms with E-state index in [0.29, 0.717) is 11.3 Å². The molecule has 0 saturated carbocycles. The molecular formula is C12H6F2N2. The molecule has 0 aliphatic carbocycles. The standard InChI is InChI=1S/C12H6F2N2/c13-10-3-4-16-12(6-10)8-1-2-11(14)9(5-8)7-15/h1-6H. The number of pyridine rings is 1. The highest BCUT2D eigenvalue weighted by atomic mass is 19.1. The molecule has 0 amide bonds. The average Bonchev–Trinajstić information content (AvgIpc) is 2.29. The van der Waals surface area contributed by atoms with Crippen LogP contribution in [0.5, 0.6) is 0 Å². The molecule has 0 bridgehead atoms. The largest absolute Gasteiger partial charge is 0.256 e. The Labute approximate surface area is 90.8 Å². The molecule has 1 aromatic heterocycles. The van der Waals surface area contributed by atoms with E-state index in [2.05, 4.69) is 4.98 Å². The van der Waals surface area contributed by atoms with E-state index in [1.165, 1.54) is 36.5 Å². The Hall–Kier alpha value is -2.28. The molecule has 0 aliphatic heterocycles. The number of nitrogens with zero attached hydrogens (tertiary/aromatic N) is 2. The first-order valence-corrected chi connectivity index (χ1v) is 4.52. The van der Waals surface area contributed by atoms with Crippen molar-refractivity contribution < 1.29 is 8.78 Å². The van der Waals surface area contributed by atoms with Gasteiger partial charge in [-0.1, -0.05) is 0 Å². The second-order valence-electron chi connectivity index (χ2n) is 3.17. The van der Waals surface area contributed by atoms with E-state index in [1.54, 1.807) is 6.07 Å². The first-order valence-electron chi connectivity index (χ1n) is 4.52. The third kappa shape index (κ3) is 1.89. The zero-order valence-electron chi connectivity index (χ0n) is 8.11. The van der Waals surface area contributed by atoms with Gasteiger partial charge in [0.05, 0.1) is 11.3 Å². The summed E-state index contributed by atoms with van der Waals surface area (Å²) in [5.41, 5.74) is 0.803. The van der Waals surface area contributed by atoms with Crippen molar-refractivity contribution in [2.75, 3.05) is 0 Å². The van der Waals surface area contributed by atoms with Crippen LogP contribution in [0.1, 0.15) is 5.56 Å². The summed E-state index contributed by atoms with van der Waals surface area (Å²) in [5, 5.41) is 8.66. The number of rotatable bonds is 1. The van der Waals surface area contributed by atoms with Crippen LogP contribution in [0.4, 0.5) is 8.78 Å². The Kier molecular flexibility index (Phi) is 2.61. The van der Waals surface area contributed by atoms with E-state index >= 15 is 0 Å². The molecule has 2 nitrogen and oxygen atoms in total. The Bertz CT molecular complexity index is 573. The molecule has 0 fully saturated rings. The van der Waals surface area contributed by atoms with Crippen LogP contribution >= 0.6 is 0 Å². The summed E-state index contributed by atoms with van der Waals surface area (Å²) >= 11 is 0. The SMILES string of the molecule is N#Cc1cc(-c2cc(F)ccn2)ccc1F. The third-order valence-electron chi connectivity index (χ3n) is 2.10. The minimum atomic E-state index is -0.595. The van der Waals surface area contributed by atoms with Gasteiger partial charge in [0.2, 0.25) is 0 Å². The Morgan fingerprint density at radius 3 is 2.62 bits per heavy atom. The summed E-state index contributed by atoms with van der Waals surface area (Å²) in [4.78, 5) is 3.94. The fraction of sp³-hybridized carbons (Fsp3) is 0. The predicted octanol–water partition coefficient (Wildman–Crippen LogP) is 2.90. The van der Waals surface area contributed by atoms with E-state index < -0.39 is 11.6 Å². The average molecular weight is 216 g/mol. The van der Waals surface area contributed by atoms with Crippen LogP contribution in [-0.2, 0) is 0 Å². The van der Waals surface area contributed by atoms with E-state index in [0.717, 1.165) is 0 Å². The summed E-state index contributed by atoms with van der Waals surface area (Å²) in [6, 6.07) is 8.14. The fourth-order valence-corrected chi connectivity index (χ4v) is 1.33. The molecule has 0 spiro atoms. The molecular weight excluding hydrogens is 210 g/mol. The summed E-state index contributed by atoms with van der Waals surface area (Å²) in [6.07, 6.45) is 1.32. The minimum absolute atomic E-state index is 0.0800. The van der Waals surface area contributed by atoms with Gasteiger partial charge < -0.3 is 0 Å². The zero-order valence-corrected chi connectivity index (χ0v) is 8.11. The van der Waals surface area contributed by atoms with Gasteiger partial charge in [0.25, 0.3) is 0 Å². The Balaban J connectivity index is 2.54. The first kappa shape index (κ1) is 10.2. The van der Waals surface area contributed by atoms with Gasteiger partial charge in [0.1, 0.15) is 17.7 Å². The monoisotopic (exact) mass is 216 g/mol. The van der Waals surface area contributed by atoms with Gasteiger partial charge in [0, 0.05) is 17.8 Å². The highest BCUT2D eigenvalue weighted by Crippen LogP contribution is 2.20. The zero-order chi connectivity index (χ0) is 11.5. The van der Waals surface area contributed by atoms with Crippen LogP contribution in [0, 0.1) is 23.0 Å². The lowest BCUT2D eigenvalue weighted by Gasteiger charge is -2.01. The maximum Gasteiger partial charge on any atom is 0.140 e. The molecule has 2 aromatic rings. The minimum Gasteiger partial charge on any atom is -0.256 e. The van der Waals surface area contributed by atoms with Gasteiger partial charge in [-0.2, -0.15) is 5.26 Å². The third-order valence-corrected chi connectivity index (χ3v) is 2.10. The quantitative estimate of drug-likeness (QED) is 0.734. The second-order valence-corrected chi connectivity index (χ2v) is 3.17. The maximum absolute atomic E-state index is 13.0. The summed E-state index contributed by atoms with van der Waals surface area (Å²) in [6.45, 7) is 0. The number of aromatic nitrogens is 1. The van der Waals surface area contributed by atoms with E-state index in [9.17, 15) is 8.78 Å². The number of hydrogen-bond acceptors (Lipinski definition) is 2. The van der Waals surface area contributed by atoms with E-state index in [4.69, 9.17) is 5.26 Å². The predicted molar refractivity (Wildman–Crippen MR) is 54.3 cm³/mol. The van der Waals surface area contributed by atoms with Crippen molar-refractivity contribution in [3.8, 4) is 17.3 Å². The highest BCUT2D eigenvalue weighted by Gasteiger charge is 2.05. The smallest absolute Gasteiger partial charge is 0.140 e. The molecule has 78 valence electrons. The van der Waals surface area contributed by atoms with Crippen LogP contribution in [0.25, 0.3) is 11.3 Å². The molecule has 0 atom stereocenters. The van der Waals surface area contributed by atoms with Crippen molar-refractivity contribution in [2.45, 2.75) is 0 Å². The molecule has 0 saturated heterocycles. The second kappa shape index (κ2) is 4.07. The van der Waals surface area contributed by atoms with Crippen LogP contribution < -0.4 is 0 Å². The molecule has 0 N–H and O–H groups in total. The van der Waals surface area contributed by atoms with Gasteiger partial charge in [-0.15, -0.1) is 0 Å². The van der Waals surface area contributed by atoms with Gasteiger partial charge >= 0.3 is 0 Å². The lowest BCUT2D eigenvalue weighted by atomic mass is 10.1. The van der Waals surface area contributed by atoms with Crippen LogP contribution in [0.3, 0.4) is 0 Å². The van der Waals surface area contributed by atoms with Crippen molar-refractivity contribution in [3.63, 3.8) is 0 Å². The molecule has 4 heteroatoms. The summed E-state index contributed by atoms with van der Waals surface area (Å²) < 4.78 is 26.0. The van der Waals surface area contributed by atoms with E-state index in [-0.39, 0.29) is 5.56 Å². The molecule has 16 heavy (non-hydrogen) atoms. The van der Waals surface area contributed by atoms with Gasteiger partial charge in [0.15, 0.2) is 0 Å². The molecule has 1 heterocycles. The Morgan fingerprint density at radius 2 is 1.94 bits per heavy atom. The topological polar surface area (TPSA) is 36.7 Å². The van der Waals surface area contributed by atoms with Crippen LogP contribution in [0.15, 0.2) is 36.5 Å². The van der Waals surface area contributed by atoms with Gasteiger partial charge in [-0.05, 0) is 24.3 Å². The van der Waals surface area contributed by atoms with Crippen molar-refractivity contribution in [2.24, 2.45) is 0 Å². The number of halogens is 2. The molecule has 0 aliphatic rings. The first-order chi connectivity index (χ1) is 7.70. The maximum atomic E-state index is 13.0. The van der Waals surface area contributed by atoms with Crippen molar-refractivity contribution in [3.05, 3.63) is 53.7 Å². The highest BCUT2D eigenvalue weighted by molar-refractivity contribution is 5.61. The molecule has 1 aromatic carbocycles. The van der Waals surface area contributed by atoms with Gasteiger partial charge in [-0.3, -0.25) is 4.98 Å². The van der Waals surface area contributed by atoms with Crippen LogP contribution in [-0.4, -0.2) is 4.98 Å². The lowest BCUT2D eigenvalue weighted by Crippen LogP contribution is -1.88. The van der Waals surface area contributed by atoms with Crippen LogP contribution in [0.2, 0.25) is 0 Å².